The van der Waals surface area contributed by atoms with E-state index in [0.717, 1.165) is 49.5 Å². The largest absolute Gasteiger partial charge is 0.493 e. The summed E-state index contributed by atoms with van der Waals surface area (Å²) in [6.07, 6.45) is 8.77. The van der Waals surface area contributed by atoms with Gasteiger partial charge in [0, 0.05) is 37.0 Å². The molecule has 3 N–H and O–H groups in total. The molecule has 1 amide bonds. The highest BCUT2D eigenvalue weighted by Gasteiger charge is 2.32. The number of piperidine rings is 1. The van der Waals surface area contributed by atoms with Gasteiger partial charge >= 0.3 is 5.97 Å². The van der Waals surface area contributed by atoms with Gasteiger partial charge in [-0.05, 0) is 68.0 Å². The Hall–Kier alpha value is -3.31. The Labute approximate surface area is 238 Å². The van der Waals surface area contributed by atoms with E-state index in [-0.39, 0.29) is 23.0 Å². The van der Waals surface area contributed by atoms with E-state index in [0.29, 0.717) is 37.8 Å². The van der Waals surface area contributed by atoms with Crippen molar-refractivity contribution in [2.45, 2.75) is 57.0 Å². The molecule has 212 valence electrons. The number of thioether (sulfide) groups is 1. The summed E-state index contributed by atoms with van der Waals surface area (Å²) in [6.45, 7) is 6.16. The minimum absolute atomic E-state index is 0.252. The van der Waals surface area contributed by atoms with Gasteiger partial charge in [0.2, 0.25) is 0 Å². The van der Waals surface area contributed by atoms with Crippen molar-refractivity contribution in [3.05, 3.63) is 52.3 Å². The maximum Gasteiger partial charge on any atom is 0.306 e. The lowest BCUT2D eigenvalue weighted by Crippen LogP contribution is -2.40. The van der Waals surface area contributed by atoms with Crippen LogP contribution in [0.5, 0.6) is 5.75 Å². The van der Waals surface area contributed by atoms with Crippen LogP contribution in [0.1, 0.15) is 60.6 Å². The van der Waals surface area contributed by atoms with Crippen molar-refractivity contribution >= 4 is 35.2 Å². The van der Waals surface area contributed by atoms with E-state index in [4.69, 9.17) is 4.74 Å². The van der Waals surface area contributed by atoms with Gasteiger partial charge in [-0.15, -0.1) is 0 Å². The normalized spacial score (nSPS) is 23.2. The van der Waals surface area contributed by atoms with Gasteiger partial charge in [0.05, 0.1) is 30.6 Å². The number of likely N-dealkylation sites (tertiary alicyclic amines) is 1. The van der Waals surface area contributed by atoms with Crippen molar-refractivity contribution in [3.63, 3.8) is 0 Å². The fraction of sp³-hybridized carbons (Fsp3) is 0.517. The fourth-order valence-electron chi connectivity index (χ4n) is 6.11. The van der Waals surface area contributed by atoms with E-state index >= 15 is 0 Å². The summed E-state index contributed by atoms with van der Waals surface area (Å²) in [5, 5.41) is 15.9. The minimum atomic E-state index is -0.743. The van der Waals surface area contributed by atoms with Gasteiger partial charge in [0.25, 0.3) is 5.91 Å². The number of amides is 1. The first kappa shape index (κ1) is 26.9. The van der Waals surface area contributed by atoms with Crippen LogP contribution >= 0.6 is 11.8 Å². The second-order valence-corrected chi connectivity index (χ2v) is 12.1. The minimum Gasteiger partial charge on any atom is -0.493 e. The van der Waals surface area contributed by atoms with Crippen molar-refractivity contribution in [2.75, 3.05) is 37.7 Å². The van der Waals surface area contributed by atoms with E-state index < -0.39 is 5.97 Å². The van der Waals surface area contributed by atoms with Gasteiger partial charge in [-0.2, -0.15) is 0 Å². The average Bonchev–Trinajstić information content (AvgIpc) is 3.73. The zero-order valence-corrected chi connectivity index (χ0v) is 23.6. The maximum atomic E-state index is 13.2. The zero-order chi connectivity index (χ0) is 27.6. The highest BCUT2D eigenvalue weighted by Crippen LogP contribution is 2.38. The summed E-state index contributed by atoms with van der Waals surface area (Å²) in [5.41, 5.74) is 3.34. The molecule has 4 aliphatic rings. The van der Waals surface area contributed by atoms with Crippen molar-refractivity contribution < 1.29 is 19.4 Å². The van der Waals surface area contributed by atoms with Crippen LogP contribution in [-0.4, -0.2) is 76.2 Å². The van der Waals surface area contributed by atoms with E-state index in [1.807, 2.05) is 11.0 Å². The molecule has 2 aromatic rings. The number of carboxylic acids is 1. The first-order valence-electron chi connectivity index (χ1n) is 14.3. The first-order valence-corrected chi connectivity index (χ1v) is 15.1. The van der Waals surface area contributed by atoms with Crippen LogP contribution < -0.4 is 20.3 Å². The molecule has 5 heterocycles. The molecular formula is C29H36N6O4S. The molecule has 2 saturated heterocycles. The Kier molecular flexibility index (Phi) is 7.84. The third-order valence-electron chi connectivity index (χ3n) is 8.41. The molecular weight excluding hydrogens is 528 g/mol. The van der Waals surface area contributed by atoms with E-state index in [9.17, 15) is 14.7 Å². The third kappa shape index (κ3) is 5.62. The molecule has 10 nitrogen and oxygen atoms in total. The lowest BCUT2D eigenvalue weighted by Gasteiger charge is -2.30. The summed E-state index contributed by atoms with van der Waals surface area (Å²) in [4.78, 5) is 39.1. The Bertz CT molecular complexity index is 1290. The van der Waals surface area contributed by atoms with Crippen LogP contribution in [0.2, 0.25) is 0 Å². The van der Waals surface area contributed by atoms with Crippen molar-refractivity contribution in [1.82, 2.24) is 25.5 Å². The number of anilines is 1. The summed E-state index contributed by atoms with van der Waals surface area (Å²) in [5.74, 6) is 0.284. The number of benzene rings is 1. The monoisotopic (exact) mass is 564 g/mol. The summed E-state index contributed by atoms with van der Waals surface area (Å²) >= 11 is 1.66. The van der Waals surface area contributed by atoms with Crippen LogP contribution in [0.3, 0.4) is 0 Å². The molecule has 0 radical (unpaired) electrons. The molecule has 11 heteroatoms. The summed E-state index contributed by atoms with van der Waals surface area (Å²) < 4.78 is 5.72. The SMILES string of the molecule is CCC1CCCN1CC1=C(c2ccc3c(c2)CCO3)NC(NC(=O)c2cnc(N3CCC(C(=O)O)CC3)cn2)S1. The number of fused-ring (bicyclic) bond motifs is 1. The Balaban J connectivity index is 1.13. The lowest BCUT2D eigenvalue weighted by molar-refractivity contribution is -0.142. The molecule has 4 aliphatic heterocycles. The molecule has 0 saturated carbocycles. The summed E-state index contributed by atoms with van der Waals surface area (Å²) in [7, 11) is 0. The number of ether oxygens (including phenoxy) is 1. The Morgan fingerprint density at radius 1 is 1.18 bits per heavy atom. The number of hydrogen-bond acceptors (Lipinski definition) is 9. The van der Waals surface area contributed by atoms with Crippen molar-refractivity contribution in [2.24, 2.45) is 5.92 Å². The van der Waals surface area contributed by atoms with E-state index in [1.165, 1.54) is 29.5 Å². The number of hydrogen-bond donors (Lipinski definition) is 3. The molecule has 2 atom stereocenters. The fourth-order valence-corrected chi connectivity index (χ4v) is 7.27. The maximum absolute atomic E-state index is 13.2. The molecule has 6 rings (SSSR count). The van der Waals surface area contributed by atoms with Crippen LogP contribution in [0.15, 0.2) is 35.5 Å². The number of aromatic nitrogens is 2. The molecule has 2 unspecified atom stereocenters. The highest BCUT2D eigenvalue weighted by molar-refractivity contribution is 8.04. The second kappa shape index (κ2) is 11.7. The van der Waals surface area contributed by atoms with Gasteiger partial charge in [0.15, 0.2) is 5.50 Å². The Morgan fingerprint density at radius 3 is 2.77 bits per heavy atom. The third-order valence-corrected chi connectivity index (χ3v) is 9.50. The van der Waals surface area contributed by atoms with Crippen molar-refractivity contribution in [3.8, 4) is 5.75 Å². The quantitative estimate of drug-likeness (QED) is 0.441. The standard InChI is InChI=1S/C29H36N6O4S/c1-2-21-4-3-10-35(21)17-24-26(20-5-6-23-19(14-20)9-13-39-23)32-29(40-24)33-27(36)22-15-31-25(16-30-22)34-11-7-18(8-12-34)28(37)38/h5-6,14-16,18,21,29,32H,2-4,7-13,17H2,1H3,(H,33,36)(H,37,38). The Morgan fingerprint density at radius 2 is 2.02 bits per heavy atom. The second-order valence-electron chi connectivity index (χ2n) is 10.9. The van der Waals surface area contributed by atoms with Crippen LogP contribution in [0.4, 0.5) is 5.82 Å². The van der Waals surface area contributed by atoms with E-state index in [1.54, 1.807) is 18.0 Å². The lowest BCUT2D eigenvalue weighted by atomic mass is 9.97. The molecule has 0 bridgehead atoms. The number of carbonyl (C=O) groups excluding carboxylic acids is 1. The molecule has 1 aromatic carbocycles. The van der Waals surface area contributed by atoms with Gasteiger partial charge in [0.1, 0.15) is 17.3 Å². The van der Waals surface area contributed by atoms with Gasteiger partial charge in [-0.25, -0.2) is 9.97 Å². The molecule has 0 aliphatic carbocycles. The number of carboxylic acid groups (broad SMARTS) is 1. The number of carbonyl (C=O) groups is 2. The zero-order valence-electron chi connectivity index (χ0n) is 22.8. The highest BCUT2D eigenvalue weighted by atomic mass is 32.2. The van der Waals surface area contributed by atoms with E-state index in [2.05, 4.69) is 44.6 Å². The van der Waals surface area contributed by atoms with Crippen molar-refractivity contribution in [1.29, 1.82) is 0 Å². The van der Waals surface area contributed by atoms with Gasteiger partial charge in [-0.1, -0.05) is 18.7 Å². The number of nitrogens with zero attached hydrogens (tertiary/aromatic N) is 4. The number of aliphatic carboxylic acids is 1. The molecule has 2 fully saturated rings. The molecule has 1 aromatic heterocycles. The topological polar surface area (TPSA) is 120 Å². The number of nitrogens with one attached hydrogen (secondary N) is 2. The smallest absolute Gasteiger partial charge is 0.306 e. The predicted molar refractivity (Wildman–Crippen MR) is 154 cm³/mol. The number of rotatable bonds is 8. The predicted octanol–water partition coefficient (Wildman–Crippen LogP) is 3.31. The van der Waals surface area contributed by atoms with Crippen LogP contribution in [0.25, 0.3) is 5.70 Å². The van der Waals surface area contributed by atoms with Crippen LogP contribution in [-0.2, 0) is 11.2 Å². The van der Waals surface area contributed by atoms with Crippen LogP contribution in [0, 0.1) is 5.92 Å². The van der Waals surface area contributed by atoms with Gasteiger partial charge < -0.3 is 25.4 Å². The first-order chi connectivity index (χ1) is 19.5. The van der Waals surface area contributed by atoms with Gasteiger partial charge in [-0.3, -0.25) is 14.5 Å². The summed E-state index contributed by atoms with van der Waals surface area (Å²) in [6, 6.07) is 6.95. The average molecular weight is 565 g/mol. The molecule has 40 heavy (non-hydrogen) atoms. The molecule has 0 spiro atoms.